The van der Waals surface area contributed by atoms with Gasteiger partial charge in [-0.1, -0.05) is 12.1 Å². The molecule has 78 valence electrons. The number of aliphatic imine (C=N–C) groups is 1. The Morgan fingerprint density at radius 3 is 2.60 bits per heavy atom. The Kier molecular flexibility index (Phi) is 2.22. The summed E-state index contributed by atoms with van der Waals surface area (Å²) in [6, 6.07) is 6.57. The molecular weight excluding hydrogens is 205 g/mol. The second kappa shape index (κ2) is 3.42. The number of halogens is 3. The van der Waals surface area contributed by atoms with Gasteiger partial charge in [-0.2, -0.15) is 13.2 Å². The minimum Gasteiger partial charge on any atom is -0.350 e. The Labute approximate surface area is 84.1 Å². The van der Waals surface area contributed by atoms with Crippen molar-refractivity contribution in [3.8, 4) is 0 Å². The van der Waals surface area contributed by atoms with E-state index in [0.717, 1.165) is 12.3 Å². The van der Waals surface area contributed by atoms with Crippen molar-refractivity contribution in [3.05, 3.63) is 36.0 Å². The Morgan fingerprint density at radius 2 is 1.87 bits per heavy atom. The summed E-state index contributed by atoms with van der Waals surface area (Å²) in [6.45, 7) is 0. The monoisotopic (exact) mass is 212 g/mol. The zero-order valence-electron chi connectivity index (χ0n) is 7.55. The molecule has 1 N–H and O–H groups in total. The third-order valence-corrected chi connectivity index (χ3v) is 1.93. The number of fused-ring (bicyclic) bond motifs is 1. The van der Waals surface area contributed by atoms with Gasteiger partial charge in [0.1, 0.15) is 5.70 Å². The predicted octanol–water partition coefficient (Wildman–Crippen LogP) is 3.26. The minimum absolute atomic E-state index is 0.356. The number of rotatable bonds is 0. The van der Waals surface area contributed by atoms with E-state index in [2.05, 4.69) is 10.3 Å². The molecule has 0 fully saturated rings. The quantitative estimate of drug-likeness (QED) is 0.701. The van der Waals surface area contributed by atoms with Crippen molar-refractivity contribution in [2.45, 2.75) is 6.18 Å². The number of hydrogen-bond donors (Lipinski definition) is 1. The van der Waals surface area contributed by atoms with Crippen LogP contribution in [-0.2, 0) is 0 Å². The van der Waals surface area contributed by atoms with E-state index in [1.807, 2.05) is 0 Å². The second-order valence-electron chi connectivity index (χ2n) is 3.00. The topological polar surface area (TPSA) is 24.4 Å². The molecule has 1 aliphatic heterocycles. The highest BCUT2D eigenvalue weighted by atomic mass is 19.4. The van der Waals surface area contributed by atoms with Crippen molar-refractivity contribution in [1.29, 1.82) is 0 Å². The van der Waals surface area contributed by atoms with Gasteiger partial charge in [-0.15, -0.1) is 0 Å². The average Bonchev–Trinajstić information content (AvgIpc) is 2.38. The van der Waals surface area contributed by atoms with E-state index in [9.17, 15) is 13.2 Å². The Bertz CT molecular complexity index is 433. The Hall–Kier alpha value is -1.78. The highest BCUT2D eigenvalue weighted by Crippen LogP contribution is 2.32. The smallest absolute Gasteiger partial charge is 0.350 e. The van der Waals surface area contributed by atoms with Crippen molar-refractivity contribution in [2.75, 3.05) is 5.32 Å². The first kappa shape index (κ1) is 9.76. The fourth-order valence-corrected chi connectivity index (χ4v) is 1.24. The zero-order chi connectivity index (χ0) is 10.9. The standard InChI is InChI=1S/C10H7F3N2/c11-10(12,13)9-5-6-14-7-3-1-2-4-8(7)15-9/h1-6,15H. The summed E-state index contributed by atoms with van der Waals surface area (Å²) in [5.41, 5.74) is 0.0408. The molecule has 5 heteroatoms. The summed E-state index contributed by atoms with van der Waals surface area (Å²) in [5, 5.41) is 2.31. The van der Waals surface area contributed by atoms with Crippen molar-refractivity contribution in [2.24, 2.45) is 4.99 Å². The van der Waals surface area contributed by atoms with Crippen LogP contribution >= 0.6 is 0 Å². The summed E-state index contributed by atoms with van der Waals surface area (Å²) in [7, 11) is 0. The van der Waals surface area contributed by atoms with Crippen LogP contribution in [-0.4, -0.2) is 12.4 Å². The van der Waals surface area contributed by atoms with Gasteiger partial charge in [0, 0.05) is 6.21 Å². The number of nitrogens with zero attached hydrogens (tertiary/aromatic N) is 1. The fourth-order valence-electron chi connectivity index (χ4n) is 1.24. The summed E-state index contributed by atoms with van der Waals surface area (Å²) in [5.74, 6) is 0. The second-order valence-corrected chi connectivity index (χ2v) is 3.00. The van der Waals surface area contributed by atoms with Gasteiger partial charge in [-0.25, -0.2) is 0 Å². The predicted molar refractivity (Wildman–Crippen MR) is 52.4 cm³/mol. The first-order valence-electron chi connectivity index (χ1n) is 4.25. The summed E-state index contributed by atoms with van der Waals surface area (Å²) >= 11 is 0. The number of alkyl halides is 3. The van der Waals surface area contributed by atoms with E-state index in [0.29, 0.717) is 11.4 Å². The number of nitrogens with one attached hydrogen (secondary N) is 1. The molecule has 0 amide bonds. The van der Waals surface area contributed by atoms with Crippen LogP contribution in [0.25, 0.3) is 0 Å². The average molecular weight is 212 g/mol. The van der Waals surface area contributed by atoms with Gasteiger partial charge in [0.05, 0.1) is 11.4 Å². The maximum atomic E-state index is 12.4. The lowest BCUT2D eigenvalue weighted by molar-refractivity contribution is -0.0900. The molecule has 15 heavy (non-hydrogen) atoms. The van der Waals surface area contributed by atoms with Gasteiger partial charge in [-0.3, -0.25) is 4.99 Å². The molecule has 1 aliphatic rings. The molecule has 0 radical (unpaired) electrons. The number of anilines is 1. The Morgan fingerprint density at radius 1 is 1.13 bits per heavy atom. The fraction of sp³-hybridized carbons (Fsp3) is 0.100. The van der Waals surface area contributed by atoms with Crippen molar-refractivity contribution in [3.63, 3.8) is 0 Å². The van der Waals surface area contributed by atoms with Gasteiger partial charge in [0.25, 0.3) is 0 Å². The number of hydrogen-bond acceptors (Lipinski definition) is 2. The van der Waals surface area contributed by atoms with E-state index >= 15 is 0 Å². The third-order valence-electron chi connectivity index (χ3n) is 1.93. The van der Waals surface area contributed by atoms with Crippen LogP contribution in [0, 0.1) is 0 Å². The molecule has 1 heterocycles. The lowest BCUT2D eigenvalue weighted by Gasteiger charge is -2.13. The van der Waals surface area contributed by atoms with E-state index in [1.54, 1.807) is 24.3 Å². The molecule has 0 atom stereocenters. The summed E-state index contributed by atoms with van der Waals surface area (Å²) < 4.78 is 37.3. The molecule has 0 saturated heterocycles. The number of para-hydroxylation sites is 2. The largest absolute Gasteiger partial charge is 0.431 e. The van der Waals surface area contributed by atoms with Crippen LogP contribution < -0.4 is 5.32 Å². The lowest BCUT2D eigenvalue weighted by atomic mass is 10.2. The molecule has 0 bridgehead atoms. The Balaban J connectivity index is 2.40. The lowest BCUT2D eigenvalue weighted by Crippen LogP contribution is -2.18. The third kappa shape index (κ3) is 2.01. The van der Waals surface area contributed by atoms with Gasteiger partial charge < -0.3 is 5.32 Å². The molecule has 0 unspecified atom stereocenters. The normalized spacial score (nSPS) is 15.0. The van der Waals surface area contributed by atoms with Crippen molar-refractivity contribution >= 4 is 17.6 Å². The van der Waals surface area contributed by atoms with Crippen LogP contribution in [0.15, 0.2) is 41.0 Å². The molecule has 0 saturated carbocycles. The van der Waals surface area contributed by atoms with Crippen LogP contribution in [0.5, 0.6) is 0 Å². The highest BCUT2D eigenvalue weighted by molar-refractivity contribution is 5.83. The molecule has 0 aliphatic carbocycles. The highest BCUT2D eigenvalue weighted by Gasteiger charge is 2.34. The molecule has 2 rings (SSSR count). The van der Waals surface area contributed by atoms with Gasteiger partial charge in [0.15, 0.2) is 0 Å². The first-order chi connectivity index (χ1) is 7.07. The molecule has 1 aromatic carbocycles. The van der Waals surface area contributed by atoms with Crippen LogP contribution in [0.1, 0.15) is 0 Å². The van der Waals surface area contributed by atoms with E-state index in [1.165, 1.54) is 0 Å². The van der Waals surface area contributed by atoms with E-state index < -0.39 is 11.9 Å². The van der Waals surface area contributed by atoms with E-state index in [-0.39, 0.29) is 0 Å². The van der Waals surface area contributed by atoms with Crippen LogP contribution in [0.3, 0.4) is 0 Å². The van der Waals surface area contributed by atoms with Crippen molar-refractivity contribution < 1.29 is 13.2 Å². The molecule has 2 nitrogen and oxygen atoms in total. The first-order valence-corrected chi connectivity index (χ1v) is 4.25. The minimum atomic E-state index is -4.39. The molecule has 1 aromatic rings. The SMILES string of the molecule is FC(F)(F)C1=CC=Nc2ccccc2N1. The number of allylic oxidation sites excluding steroid dienone is 2. The molecule has 0 aromatic heterocycles. The number of benzene rings is 1. The van der Waals surface area contributed by atoms with Gasteiger partial charge >= 0.3 is 6.18 Å². The maximum absolute atomic E-state index is 12.4. The molecular formula is C10H7F3N2. The van der Waals surface area contributed by atoms with E-state index in [4.69, 9.17) is 0 Å². The van der Waals surface area contributed by atoms with Crippen LogP contribution in [0.2, 0.25) is 0 Å². The zero-order valence-corrected chi connectivity index (χ0v) is 7.55. The summed E-state index contributed by atoms with van der Waals surface area (Å²) in [6.07, 6.45) is -2.33. The van der Waals surface area contributed by atoms with Crippen LogP contribution in [0.4, 0.5) is 24.5 Å². The summed E-state index contributed by atoms with van der Waals surface area (Å²) in [4.78, 5) is 3.89. The van der Waals surface area contributed by atoms with Crippen molar-refractivity contribution in [1.82, 2.24) is 0 Å². The maximum Gasteiger partial charge on any atom is 0.431 e. The van der Waals surface area contributed by atoms with Gasteiger partial charge in [0.2, 0.25) is 0 Å². The van der Waals surface area contributed by atoms with Gasteiger partial charge in [-0.05, 0) is 18.2 Å². The molecule has 0 spiro atoms.